The summed E-state index contributed by atoms with van der Waals surface area (Å²) in [4.78, 5) is 14.7. The van der Waals surface area contributed by atoms with Crippen LogP contribution < -0.4 is 0 Å². The third kappa shape index (κ3) is 2.83. The van der Waals surface area contributed by atoms with E-state index in [0.717, 1.165) is 25.7 Å². The molecule has 3 fully saturated rings. The monoisotopic (exact) mass is 316 g/mol. The molecule has 3 aliphatic rings. The Morgan fingerprint density at radius 1 is 1.19 bits per heavy atom. The van der Waals surface area contributed by atoms with Crippen LogP contribution in [0.5, 0.6) is 0 Å². The second-order valence-corrected chi connectivity index (χ2v) is 8.57. The van der Waals surface area contributed by atoms with Gasteiger partial charge in [-0.1, -0.05) is 6.42 Å². The van der Waals surface area contributed by atoms with Crippen LogP contribution in [0.1, 0.15) is 25.7 Å². The molecule has 2 saturated heterocycles. The fourth-order valence-corrected chi connectivity index (χ4v) is 5.07. The SMILES string of the molecule is CS(=O)(=O)N1CC[C@@]2(CCC[C@@H]2C(=O)N2CCOCC2)C1. The van der Waals surface area contributed by atoms with Crippen molar-refractivity contribution in [3.63, 3.8) is 0 Å². The number of carbonyl (C=O) groups excluding carboxylic acids is 1. The highest BCUT2D eigenvalue weighted by molar-refractivity contribution is 7.88. The number of amides is 1. The molecule has 0 aromatic rings. The number of ether oxygens (including phenoxy) is 1. The van der Waals surface area contributed by atoms with Gasteiger partial charge in [0.1, 0.15) is 0 Å². The number of rotatable bonds is 2. The molecule has 21 heavy (non-hydrogen) atoms. The molecule has 1 aliphatic carbocycles. The quantitative estimate of drug-likeness (QED) is 0.735. The lowest BCUT2D eigenvalue weighted by Gasteiger charge is -2.36. The Bertz CT molecular complexity index is 515. The van der Waals surface area contributed by atoms with Crippen LogP contribution in [-0.2, 0) is 19.6 Å². The molecule has 2 heterocycles. The second-order valence-electron chi connectivity index (χ2n) is 6.59. The van der Waals surface area contributed by atoms with E-state index in [4.69, 9.17) is 4.74 Å². The molecule has 0 aromatic carbocycles. The fraction of sp³-hybridized carbons (Fsp3) is 0.929. The summed E-state index contributed by atoms with van der Waals surface area (Å²) in [6.45, 7) is 3.64. The largest absolute Gasteiger partial charge is 0.378 e. The van der Waals surface area contributed by atoms with Gasteiger partial charge in [0.15, 0.2) is 0 Å². The molecule has 6 nitrogen and oxygen atoms in total. The third-order valence-corrected chi connectivity index (χ3v) is 6.60. The molecule has 1 saturated carbocycles. The van der Waals surface area contributed by atoms with Crippen molar-refractivity contribution in [2.75, 3.05) is 45.6 Å². The molecule has 0 unspecified atom stereocenters. The van der Waals surface area contributed by atoms with Gasteiger partial charge in [0.2, 0.25) is 15.9 Å². The summed E-state index contributed by atoms with van der Waals surface area (Å²) in [5.74, 6) is 0.202. The zero-order chi connectivity index (χ0) is 15.1. The lowest BCUT2D eigenvalue weighted by Crippen LogP contribution is -2.47. The molecular weight excluding hydrogens is 292 g/mol. The first-order chi connectivity index (χ1) is 9.92. The molecule has 0 N–H and O–H groups in total. The topological polar surface area (TPSA) is 66.9 Å². The van der Waals surface area contributed by atoms with Gasteiger partial charge >= 0.3 is 0 Å². The Morgan fingerprint density at radius 3 is 2.52 bits per heavy atom. The normalized spacial score (nSPS) is 34.7. The molecule has 0 radical (unpaired) electrons. The van der Waals surface area contributed by atoms with Crippen molar-refractivity contribution in [2.45, 2.75) is 25.7 Å². The molecule has 120 valence electrons. The summed E-state index contributed by atoms with van der Waals surface area (Å²) in [5, 5.41) is 0. The van der Waals surface area contributed by atoms with Gasteiger partial charge in [0, 0.05) is 32.1 Å². The van der Waals surface area contributed by atoms with Crippen molar-refractivity contribution >= 4 is 15.9 Å². The summed E-state index contributed by atoms with van der Waals surface area (Å²) in [6.07, 6.45) is 4.98. The summed E-state index contributed by atoms with van der Waals surface area (Å²) in [6, 6.07) is 0. The van der Waals surface area contributed by atoms with Gasteiger partial charge in [-0.25, -0.2) is 12.7 Å². The van der Waals surface area contributed by atoms with E-state index in [9.17, 15) is 13.2 Å². The van der Waals surface area contributed by atoms with Crippen molar-refractivity contribution in [1.82, 2.24) is 9.21 Å². The highest BCUT2D eigenvalue weighted by Crippen LogP contribution is 2.50. The fourth-order valence-electron chi connectivity index (χ4n) is 4.16. The first kappa shape index (κ1) is 15.2. The molecule has 1 spiro atoms. The maximum Gasteiger partial charge on any atom is 0.226 e. The maximum atomic E-state index is 12.8. The first-order valence-corrected chi connectivity index (χ1v) is 9.59. The van der Waals surface area contributed by atoms with Crippen LogP contribution in [0.4, 0.5) is 0 Å². The van der Waals surface area contributed by atoms with Crippen LogP contribution in [0.2, 0.25) is 0 Å². The lowest BCUT2D eigenvalue weighted by atomic mass is 9.76. The van der Waals surface area contributed by atoms with Gasteiger partial charge in [0.05, 0.1) is 19.5 Å². The van der Waals surface area contributed by atoms with Gasteiger partial charge in [-0.3, -0.25) is 4.79 Å². The standard InChI is InChI=1S/C14H24N2O4S/c1-21(18,19)16-6-5-14(11-16)4-2-3-12(14)13(17)15-7-9-20-10-8-15/h12H,2-11H2,1H3/t12-,14+/m1/s1. The van der Waals surface area contributed by atoms with Gasteiger partial charge in [-0.15, -0.1) is 0 Å². The molecule has 0 bridgehead atoms. The zero-order valence-electron chi connectivity index (χ0n) is 12.6. The van der Waals surface area contributed by atoms with Gasteiger partial charge in [-0.2, -0.15) is 0 Å². The van der Waals surface area contributed by atoms with Crippen LogP contribution in [-0.4, -0.2) is 69.2 Å². The molecule has 7 heteroatoms. The van der Waals surface area contributed by atoms with E-state index in [1.165, 1.54) is 6.26 Å². The smallest absolute Gasteiger partial charge is 0.226 e. The van der Waals surface area contributed by atoms with E-state index in [1.807, 2.05) is 4.90 Å². The summed E-state index contributed by atoms with van der Waals surface area (Å²) in [5.41, 5.74) is -0.127. The minimum absolute atomic E-state index is 0.0117. The molecule has 1 amide bonds. The Kier molecular flexibility index (Phi) is 4.00. The minimum Gasteiger partial charge on any atom is -0.378 e. The predicted octanol–water partition coefficient (Wildman–Crippen LogP) is 0.297. The van der Waals surface area contributed by atoms with Crippen molar-refractivity contribution in [3.05, 3.63) is 0 Å². The van der Waals surface area contributed by atoms with Crippen molar-refractivity contribution in [3.8, 4) is 0 Å². The van der Waals surface area contributed by atoms with Crippen molar-refractivity contribution in [1.29, 1.82) is 0 Å². The number of hydrogen-bond acceptors (Lipinski definition) is 4. The van der Waals surface area contributed by atoms with Crippen LogP contribution >= 0.6 is 0 Å². The maximum absolute atomic E-state index is 12.8. The average molecular weight is 316 g/mol. The number of sulfonamides is 1. The number of morpholine rings is 1. The number of nitrogens with zero attached hydrogens (tertiary/aromatic N) is 2. The molecule has 3 rings (SSSR count). The van der Waals surface area contributed by atoms with E-state index in [2.05, 4.69) is 0 Å². The summed E-state index contributed by atoms with van der Waals surface area (Å²) >= 11 is 0. The summed E-state index contributed by atoms with van der Waals surface area (Å²) in [7, 11) is -3.15. The molecule has 2 aliphatic heterocycles. The first-order valence-electron chi connectivity index (χ1n) is 7.74. The third-order valence-electron chi connectivity index (χ3n) is 5.35. The Hall–Kier alpha value is -0.660. The molecule has 0 aromatic heterocycles. The van der Waals surface area contributed by atoms with Gasteiger partial charge in [0.25, 0.3) is 0 Å². The zero-order valence-corrected chi connectivity index (χ0v) is 13.4. The highest BCUT2D eigenvalue weighted by Gasteiger charge is 2.52. The number of carbonyl (C=O) groups is 1. The van der Waals surface area contributed by atoms with Gasteiger partial charge < -0.3 is 9.64 Å². The van der Waals surface area contributed by atoms with Crippen LogP contribution in [0, 0.1) is 11.3 Å². The van der Waals surface area contributed by atoms with E-state index in [0.29, 0.717) is 39.4 Å². The van der Waals surface area contributed by atoms with Crippen molar-refractivity contribution in [2.24, 2.45) is 11.3 Å². The van der Waals surface area contributed by atoms with Crippen molar-refractivity contribution < 1.29 is 17.9 Å². The summed E-state index contributed by atoms with van der Waals surface area (Å²) < 4.78 is 30.4. The van der Waals surface area contributed by atoms with E-state index in [1.54, 1.807) is 4.31 Å². The van der Waals surface area contributed by atoms with Crippen LogP contribution in [0.15, 0.2) is 0 Å². The predicted molar refractivity (Wildman–Crippen MR) is 78.2 cm³/mol. The Morgan fingerprint density at radius 2 is 1.90 bits per heavy atom. The van der Waals surface area contributed by atoms with E-state index in [-0.39, 0.29) is 17.2 Å². The Balaban J connectivity index is 1.75. The lowest BCUT2D eigenvalue weighted by molar-refractivity contribution is -0.142. The number of hydrogen-bond donors (Lipinski definition) is 0. The second kappa shape index (κ2) is 5.52. The van der Waals surface area contributed by atoms with E-state index < -0.39 is 10.0 Å². The Labute approximate surface area is 126 Å². The minimum atomic E-state index is -3.15. The van der Waals surface area contributed by atoms with Gasteiger partial charge in [-0.05, 0) is 24.7 Å². The highest BCUT2D eigenvalue weighted by atomic mass is 32.2. The van der Waals surface area contributed by atoms with Crippen LogP contribution in [0.25, 0.3) is 0 Å². The molecular formula is C14H24N2O4S. The van der Waals surface area contributed by atoms with E-state index >= 15 is 0 Å². The average Bonchev–Trinajstić information content (AvgIpc) is 3.07. The molecule has 2 atom stereocenters. The van der Waals surface area contributed by atoms with Crippen LogP contribution in [0.3, 0.4) is 0 Å².